The van der Waals surface area contributed by atoms with E-state index in [1.807, 2.05) is 26.0 Å². The van der Waals surface area contributed by atoms with Crippen LogP contribution in [0.15, 0.2) is 53.4 Å². The fourth-order valence-corrected chi connectivity index (χ4v) is 3.37. The minimum Gasteiger partial charge on any atom is -0.323 e. The lowest BCUT2D eigenvalue weighted by Crippen LogP contribution is -2.18. The third kappa shape index (κ3) is 3.34. The Kier molecular flexibility index (Phi) is 4.50. The van der Waals surface area contributed by atoms with Gasteiger partial charge in [0.05, 0.1) is 11.4 Å². The molecule has 0 aliphatic rings. The number of para-hydroxylation sites is 2. The second kappa shape index (κ2) is 6.15. The van der Waals surface area contributed by atoms with Gasteiger partial charge in [-0.15, -0.1) is 0 Å². The molecule has 0 unspecified atom stereocenters. The van der Waals surface area contributed by atoms with E-state index in [0.29, 0.717) is 11.4 Å². The Hall–Kier alpha value is -2.05. The molecule has 0 spiro atoms. The van der Waals surface area contributed by atoms with Crippen molar-refractivity contribution in [3.63, 3.8) is 0 Å². The van der Waals surface area contributed by atoms with Crippen molar-refractivity contribution < 1.29 is 8.42 Å². The average molecular weight is 305 g/mol. The predicted octanol–water partition coefficient (Wildman–Crippen LogP) is 2.90. The molecule has 0 aromatic heterocycles. The maximum absolute atomic E-state index is 12.5. The first-order valence-corrected chi connectivity index (χ1v) is 8.11. The van der Waals surface area contributed by atoms with Crippen LogP contribution in [0.1, 0.15) is 25.3 Å². The number of hydrogen-bond donors (Lipinski definition) is 3. The van der Waals surface area contributed by atoms with Crippen LogP contribution < -0.4 is 16.0 Å². The molecule has 2 aromatic carbocycles. The van der Waals surface area contributed by atoms with E-state index >= 15 is 0 Å². The molecule has 0 aliphatic heterocycles. The number of hydrazine groups is 1. The van der Waals surface area contributed by atoms with Gasteiger partial charge in [0.1, 0.15) is 4.90 Å². The van der Waals surface area contributed by atoms with E-state index < -0.39 is 10.0 Å². The highest BCUT2D eigenvalue weighted by Gasteiger charge is 2.19. The number of nitrogens with one attached hydrogen (secondary N) is 2. The predicted molar refractivity (Wildman–Crippen MR) is 85.6 cm³/mol. The van der Waals surface area contributed by atoms with Crippen molar-refractivity contribution in [3.05, 3.63) is 54.1 Å². The number of nitrogen functional groups attached to an aromatic ring is 1. The molecule has 0 aliphatic carbocycles. The summed E-state index contributed by atoms with van der Waals surface area (Å²) in [6.45, 7) is 4.03. The molecule has 112 valence electrons. The topological polar surface area (TPSA) is 84.2 Å². The Labute approximate surface area is 125 Å². The van der Waals surface area contributed by atoms with Crippen LogP contribution in [0, 0.1) is 0 Å². The zero-order valence-electron chi connectivity index (χ0n) is 12.0. The van der Waals surface area contributed by atoms with Crippen LogP contribution in [0.2, 0.25) is 0 Å². The second-order valence-corrected chi connectivity index (χ2v) is 6.64. The first-order chi connectivity index (χ1) is 9.95. The van der Waals surface area contributed by atoms with Crippen LogP contribution in [0.25, 0.3) is 0 Å². The van der Waals surface area contributed by atoms with Crippen molar-refractivity contribution in [2.24, 2.45) is 5.84 Å². The summed E-state index contributed by atoms with van der Waals surface area (Å²) in [5, 5.41) is 0. The third-order valence-electron chi connectivity index (χ3n) is 3.16. The van der Waals surface area contributed by atoms with Gasteiger partial charge in [0.25, 0.3) is 10.0 Å². The van der Waals surface area contributed by atoms with E-state index in [9.17, 15) is 8.42 Å². The molecule has 0 fully saturated rings. The highest BCUT2D eigenvalue weighted by atomic mass is 32.2. The molecule has 5 nitrogen and oxygen atoms in total. The molecular formula is C15H19N3O2S. The molecule has 0 atom stereocenters. The van der Waals surface area contributed by atoms with Gasteiger partial charge in [-0.05, 0) is 29.7 Å². The minimum atomic E-state index is -3.70. The number of anilines is 2. The van der Waals surface area contributed by atoms with Gasteiger partial charge in [0, 0.05) is 0 Å². The zero-order chi connectivity index (χ0) is 15.5. The molecule has 2 aromatic rings. The number of hydrogen-bond acceptors (Lipinski definition) is 4. The van der Waals surface area contributed by atoms with Gasteiger partial charge in [-0.2, -0.15) is 0 Å². The number of rotatable bonds is 5. The Morgan fingerprint density at radius 2 is 1.52 bits per heavy atom. The highest BCUT2D eigenvalue weighted by molar-refractivity contribution is 7.92. The highest BCUT2D eigenvalue weighted by Crippen LogP contribution is 2.28. The Morgan fingerprint density at radius 3 is 2.14 bits per heavy atom. The lowest BCUT2D eigenvalue weighted by atomic mass is 10.0. The Morgan fingerprint density at radius 1 is 0.952 bits per heavy atom. The summed E-state index contributed by atoms with van der Waals surface area (Å²) in [4.78, 5) is 0.117. The first-order valence-electron chi connectivity index (χ1n) is 6.63. The van der Waals surface area contributed by atoms with Crippen molar-refractivity contribution in [2.75, 3.05) is 10.1 Å². The second-order valence-electron chi connectivity index (χ2n) is 4.99. The summed E-state index contributed by atoms with van der Waals surface area (Å²) in [6, 6.07) is 13.9. The van der Waals surface area contributed by atoms with E-state index in [1.54, 1.807) is 30.3 Å². The number of nitrogens with two attached hydrogens (primary N) is 1. The average Bonchev–Trinajstić information content (AvgIpc) is 2.47. The zero-order valence-corrected chi connectivity index (χ0v) is 12.8. The lowest BCUT2D eigenvalue weighted by Gasteiger charge is -2.16. The molecule has 0 saturated heterocycles. The van der Waals surface area contributed by atoms with Crippen molar-refractivity contribution in [1.82, 2.24) is 0 Å². The summed E-state index contributed by atoms with van der Waals surface area (Å²) < 4.78 is 27.7. The molecule has 0 saturated carbocycles. The summed E-state index contributed by atoms with van der Waals surface area (Å²) >= 11 is 0. The SMILES string of the molecule is CC(C)c1ccccc1NS(=O)(=O)c1ccccc1NN. The van der Waals surface area contributed by atoms with Crippen molar-refractivity contribution in [1.29, 1.82) is 0 Å². The normalized spacial score (nSPS) is 11.4. The molecule has 0 bridgehead atoms. The molecule has 2 rings (SSSR count). The third-order valence-corrected chi connectivity index (χ3v) is 4.58. The van der Waals surface area contributed by atoms with Gasteiger partial charge in [0.2, 0.25) is 0 Å². The fourth-order valence-electron chi connectivity index (χ4n) is 2.11. The van der Waals surface area contributed by atoms with E-state index in [2.05, 4.69) is 10.1 Å². The van der Waals surface area contributed by atoms with Gasteiger partial charge in [-0.25, -0.2) is 8.42 Å². The van der Waals surface area contributed by atoms with E-state index in [1.165, 1.54) is 6.07 Å². The summed E-state index contributed by atoms with van der Waals surface area (Å²) in [6.07, 6.45) is 0. The van der Waals surface area contributed by atoms with Crippen molar-refractivity contribution >= 4 is 21.4 Å². The first kappa shape index (κ1) is 15.3. The summed E-state index contributed by atoms with van der Waals surface area (Å²) in [7, 11) is -3.70. The molecule has 21 heavy (non-hydrogen) atoms. The van der Waals surface area contributed by atoms with Crippen LogP contribution in [0.4, 0.5) is 11.4 Å². The van der Waals surface area contributed by atoms with Gasteiger partial charge < -0.3 is 5.43 Å². The van der Waals surface area contributed by atoms with Gasteiger partial charge >= 0.3 is 0 Å². The molecule has 6 heteroatoms. The van der Waals surface area contributed by atoms with Crippen LogP contribution in [0.5, 0.6) is 0 Å². The maximum atomic E-state index is 12.5. The molecule has 0 heterocycles. The van der Waals surface area contributed by atoms with Crippen molar-refractivity contribution in [3.8, 4) is 0 Å². The molecular weight excluding hydrogens is 286 g/mol. The van der Waals surface area contributed by atoms with Crippen molar-refractivity contribution in [2.45, 2.75) is 24.7 Å². The van der Waals surface area contributed by atoms with Crippen LogP contribution in [-0.4, -0.2) is 8.42 Å². The van der Waals surface area contributed by atoms with Gasteiger partial charge in [-0.3, -0.25) is 10.6 Å². The largest absolute Gasteiger partial charge is 0.323 e. The molecule has 4 N–H and O–H groups in total. The van der Waals surface area contributed by atoms with Gasteiger partial charge in [-0.1, -0.05) is 44.2 Å². The molecule has 0 amide bonds. The monoisotopic (exact) mass is 305 g/mol. The Balaban J connectivity index is 2.43. The number of benzene rings is 2. The van der Waals surface area contributed by atoms with Crippen LogP contribution in [-0.2, 0) is 10.0 Å². The van der Waals surface area contributed by atoms with E-state index in [-0.39, 0.29) is 10.8 Å². The Bertz CT molecular complexity index is 727. The lowest BCUT2D eigenvalue weighted by molar-refractivity contribution is 0.601. The standard InChI is InChI=1S/C15H19N3O2S/c1-11(2)12-7-3-4-8-13(12)18-21(19,20)15-10-6-5-9-14(15)17-16/h3-11,17-18H,16H2,1-2H3. The molecule has 0 radical (unpaired) electrons. The maximum Gasteiger partial charge on any atom is 0.264 e. The van der Waals surface area contributed by atoms with E-state index in [4.69, 9.17) is 5.84 Å². The van der Waals surface area contributed by atoms with Gasteiger partial charge in [0.15, 0.2) is 0 Å². The fraction of sp³-hybridized carbons (Fsp3) is 0.200. The summed E-state index contributed by atoms with van der Waals surface area (Å²) in [5.74, 6) is 5.59. The summed E-state index contributed by atoms with van der Waals surface area (Å²) in [5.41, 5.74) is 4.29. The smallest absolute Gasteiger partial charge is 0.264 e. The minimum absolute atomic E-state index is 0.117. The van der Waals surface area contributed by atoms with E-state index in [0.717, 1.165) is 5.56 Å². The number of sulfonamides is 1. The quantitative estimate of drug-likeness (QED) is 0.586. The van der Waals surface area contributed by atoms with Crippen LogP contribution >= 0.6 is 0 Å². The van der Waals surface area contributed by atoms with Crippen LogP contribution in [0.3, 0.4) is 0 Å².